The molecule has 338 valence electrons. The van der Waals surface area contributed by atoms with Crippen molar-refractivity contribution < 1.29 is 18.9 Å². The van der Waals surface area contributed by atoms with Crippen molar-refractivity contribution in [1.29, 1.82) is 0 Å². The van der Waals surface area contributed by atoms with E-state index in [9.17, 15) is 0 Å². The zero-order valence-electron chi connectivity index (χ0n) is 41.4. The normalized spacial score (nSPS) is 12.3. The molecule has 2 N–H and O–H groups in total. The van der Waals surface area contributed by atoms with E-state index < -0.39 is 12.5 Å². The molecule has 0 spiro atoms. The molecule has 0 aliphatic rings. The molecule has 6 aromatic rings. The Hall–Kier alpha value is -5.88. The molecule has 0 aliphatic carbocycles. The second-order valence-corrected chi connectivity index (χ2v) is 18.8. The fraction of sp³-hybridized carbons (Fsp3) is 0.379. The Morgan fingerprint density at radius 1 is 0.453 bits per heavy atom. The van der Waals surface area contributed by atoms with E-state index >= 15 is 0 Å². The van der Waals surface area contributed by atoms with E-state index in [1.807, 2.05) is 0 Å². The van der Waals surface area contributed by atoms with Crippen LogP contribution in [0.4, 0.5) is 11.4 Å². The third kappa shape index (κ3) is 11.1. The average Bonchev–Trinajstić information content (AvgIpc) is 3.22. The van der Waals surface area contributed by atoms with Crippen LogP contribution in [-0.2, 0) is 0 Å². The topological polar surface area (TPSA) is 61.0 Å². The van der Waals surface area contributed by atoms with Gasteiger partial charge in [-0.25, -0.2) is 0 Å². The standard InChI is InChI=1S/C58H72N2O4/c1-33(2)47-29-39(9)45(15)55(57(47)60-53(62-51-23-19-37(7)27-43(51)13)32-61-50-22-18-36(6)26-42(50)12)56-46(16)40(10)30-48(34(3)4)58(56)64-54(63-52-24-20-38(8)28-44(52)14)31-59-49-21-17-35(5)25-41(49)11/h17-30,33-34,53-54,59-60H,31-32H2,1-16H3. The summed E-state index contributed by atoms with van der Waals surface area (Å²) in [6.45, 7) is 35.5. The highest BCUT2D eigenvalue weighted by molar-refractivity contribution is 5.90. The average molecular weight is 861 g/mol. The predicted octanol–water partition coefficient (Wildman–Crippen LogP) is 15.1. The molecular formula is C58H72N2O4. The van der Waals surface area contributed by atoms with Crippen LogP contribution in [0.15, 0.2) is 84.9 Å². The monoisotopic (exact) mass is 861 g/mol. The highest BCUT2D eigenvalue weighted by Gasteiger charge is 2.30. The Morgan fingerprint density at radius 2 is 0.922 bits per heavy atom. The number of nitrogens with one attached hydrogen (secondary N) is 2. The number of ether oxygens (including phenoxy) is 4. The molecule has 6 nitrogen and oxygen atoms in total. The number of anilines is 2. The van der Waals surface area contributed by atoms with E-state index in [0.29, 0.717) is 6.54 Å². The van der Waals surface area contributed by atoms with Gasteiger partial charge in [0.05, 0.1) is 6.54 Å². The van der Waals surface area contributed by atoms with Crippen molar-refractivity contribution in [1.82, 2.24) is 0 Å². The lowest BCUT2D eigenvalue weighted by atomic mass is 9.83. The minimum absolute atomic E-state index is 0.153. The zero-order chi connectivity index (χ0) is 46.6. The maximum absolute atomic E-state index is 7.44. The van der Waals surface area contributed by atoms with E-state index in [1.54, 1.807) is 0 Å². The molecule has 6 heteroatoms. The third-order valence-electron chi connectivity index (χ3n) is 12.5. The summed E-state index contributed by atoms with van der Waals surface area (Å²) in [5.41, 5.74) is 20.4. The fourth-order valence-corrected chi connectivity index (χ4v) is 8.64. The van der Waals surface area contributed by atoms with Crippen LogP contribution in [0.3, 0.4) is 0 Å². The zero-order valence-corrected chi connectivity index (χ0v) is 41.4. The third-order valence-corrected chi connectivity index (χ3v) is 12.5. The van der Waals surface area contributed by atoms with Gasteiger partial charge in [0, 0.05) is 22.5 Å². The molecule has 64 heavy (non-hydrogen) atoms. The number of benzene rings is 6. The van der Waals surface area contributed by atoms with Crippen molar-refractivity contribution in [3.05, 3.63) is 163 Å². The summed E-state index contributed by atoms with van der Waals surface area (Å²) in [5, 5.41) is 7.70. The summed E-state index contributed by atoms with van der Waals surface area (Å²) >= 11 is 0. The first-order valence-corrected chi connectivity index (χ1v) is 23.0. The quantitative estimate of drug-likeness (QED) is 0.0891. The van der Waals surface area contributed by atoms with Crippen LogP contribution in [0.2, 0.25) is 0 Å². The molecule has 6 rings (SSSR count). The summed E-state index contributed by atoms with van der Waals surface area (Å²) in [5.74, 6) is 3.59. The molecule has 2 unspecified atom stereocenters. The van der Waals surface area contributed by atoms with Crippen LogP contribution in [0.25, 0.3) is 11.1 Å². The van der Waals surface area contributed by atoms with Crippen LogP contribution in [0, 0.1) is 83.1 Å². The molecule has 0 aromatic heterocycles. The van der Waals surface area contributed by atoms with Gasteiger partial charge in [-0.1, -0.05) is 111 Å². The maximum Gasteiger partial charge on any atom is 0.258 e. The predicted molar refractivity (Wildman–Crippen MR) is 270 cm³/mol. The Bertz CT molecular complexity index is 2440. The molecule has 0 amide bonds. The van der Waals surface area contributed by atoms with Crippen molar-refractivity contribution in [2.75, 3.05) is 23.8 Å². The first-order chi connectivity index (χ1) is 30.3. The first-order valence-electron chi connectivity index (χ1n) is 23.0. The van der Waals surface area contributed by atoms with E-state index in [4.69, 9.17) is 18.9 Å². The molecule has 0 saturated heterocycles. The molecule has 0 saturated carbocycles. The molecule has 0 radical (unpaired) electrons. The minimum atomic E-state index is -0.682. The largest absolute Gasteiger partial charge is 0.487 e. The Balaban J connectivity index is 1.55. The second kappa shape index (κ2) is 20.3. The highest BCUT2D eigenvalue weighted by atomic mass is 16.7. The molecule has 2 atom stereocenters. The maximum atomic E-state index is 7.44. The van der Waals surface area contributed by atoms with Crippen molar-refractivity contribution in [2.24, 2.45) is 0 Å². The Kier molecular flexibility index (Phi) is 15.1. The lowest BCUT2D eigenvalue weighted by molar-refractivity contribution is 0.0162. The molecule has 0 heterocycles. The van der Waals surface area contributed by atoms with Crippen LogP contribution in [-0.4, -0.2) is 25.7 Å². The Labute approximate surface area is 384 Å². The molecule has 6 aromatic carbocycles. The minimum Gasteiger partial charge on any atom is -0.487 e. The molecule has 0 aliphatic heterocycles. The van der Waals surface area contributed by atoms with Gasteiger partial charge in [0.25, 0.3) is 6.29 Å². The lowest BCUT2D eigenvalue weighted by Crippen LogP contribution is -2.34. The van der Waals surface area contributed by atoms with Crippen LogP contribution in [0.5, 0.6) is 23.0 Å². The number of hydrogen-bond acceptors (Lipinski definition) is 6. The first kappa shape index (κ1) is 47.6. The van der Waals surface area contributed by atoms with E-state index in [2.05, 4.69) is 206 Å². The van der Waals surface area contributed by atoms with Gasteiger partial charge in [-0.15, -0.1) is 0 Å². The van der Waals surface area contributed by atoms with Crippen LogP contribution < -0.4 is 29.6 Å². The number of hydrogen-bond donors (Lipinski definition) is 2. The summed E-state index contributed by atoms with van der Waals surface area (Å²) in [6, 6.07) is 30.1. The summed E-state index contributed by atoms with van der Waals surface area (Å²) in [4.78, 5) is 0. The highest BCUT2D eigenvalue weighted by Crippen LogP contribution is 2.49. The van der Waals surface area contributed by atoms with E-state index in [0.717, 1.165) is 73.3 Å². The molecular weight excluding hydrogens is 789 g/mol. The molecule has 0 fully saturated rings. The van der Waals surface area contributed by atoms with Gasteiger partial charge in [-0.2, -0.15) is 0 Å². The lowest BCUT2D eigenvalue weighted by Gasteiger charge is -2.32. The van der Waals surface area contributed by atoms with Crippen LogP contribution in [0.1, 0.15) is 117 Å². The molecule has 0 bridgehead atoms. The van der Waals surface area contributed by atoms with Gasteiger partial charge < -0.3 is 29.6 Å². The van der Waals surface area contributed by atoms with Crippen molar-refractivity contribution in [2.45, 2.75) is 135 Å². The fourth-order valence-electron chi connectivity index (χ4n) is 8.64. The van der Waals surface area contributed by atoms with Crippen molar-refractivity contribution >= 4 is 11.4 Å². The van der Waals surface area contributed by atoms with Gasteiger partial charge in [0.15, 0.2) is 0 Å². The summed E-state index contributed by atoms with van der Waals surface area (Å²) < 4.78 is 28.0. The van der Waals surface area contributed by atoms with E-state index in [-0.39, 0.29) is 18.4 Å². The van der Waals surface area contributed by atoms with Gasteiger partial charge in [-0.3, -0.25) is 0 Å². The van der Waals surface area contributed by atoms with Gasteiger partial charge in [0.1, 0.15) is 29.6 Å². The smallest absolute Gasteiger partial charge is 0.258 e. The van der Waals surface area contributed by atoms with Gasteiger partial charge in [0.2, 0.25) is 6.23 Å². The van der Waals surface area contributed by atoms with Crippen molar-refractivity contribution in [3.8, 4) is 34.1 Å². The second-order valence-electron chi connectivity index (χ2n) is 18.8. The van der Waals surface area contributed by atoms with Crippen LogP contribution >= 0.6 is 0 Å². The Morgan fingerprint density at radius 3 is 1.44 bits per heavy atom. The number of aryl methyl sites for hydroxylation is 10. The van der Waals surface area contributed by atoms with Gasteiger partial charge >= 0.3 is 0 Å². The van der Waals surface area contributed by atoms with E-state index in [1.165, 1.54) is 50.1 Å². The SMILES string of the molecule is Cc1ccc(NCC(Oc2ccc(C)cc2C)Oc2c(C(C)C)cc(C)c(C)c2-c2c(C)c(C)cc(C(C)C)c2NC(COc2ccc(C)cc2C)Oc2ccc(C)cc2C)c(C)c1. The number of rotatable bonds is 17. The summed E-state index contributed by atoms with van der Waals surface area (Å²) in [6.07, 6.45) is -1.24. The van der Waals surface area contributed by atoms with Gasteiger partial charge in [-0.05, 0) is 175 Å². The van der Waals surface area contributed by atoms with Crippen molar-refractivity contribution in [3.63, 3.8) is 0 Å². The summed E-state index contributed by atoms with van der Waals surface area (Å²) in [7, 11) is 0.